The summed E-state index contributed by atoms with van der Waals surface area (Å²) >= 11 is 0. The van der Waals surface area contributed by atoms with Crippen LogP contribution >= 0.6 is 0 Å². The molecule has 1 atom stereocenters. The Balaban J connectivity index is 1.87. The standard InChI is InChI=1S/C20H26N2O/c1-15(14-16-8-6-5-7-9-16)21-19(23)22-18-12-10-17(11-13-18)20(2,3)4/h5-13,15H,14H2,1-4H3,(H2,21,22,23)/t15-/m0/s1. The van der Waals surface area contributed by atoms with Crippen molar-refractivity contribution in [2.75, 3.05) is 5.32 Å². The van der Waals surface area contributed by atoms with E-state index in [4.69, 9.17) is 0 Å². The van der Waals surface area contributed by atoms with Gasteiger partial charge in [0.05, 0.1) is 0 Å². The van der Waals surface area contributed by atoms with Gasteiger partial charge in [0.1, 0.15) is 0 Å². The fraction of sp³-hybridized carbons (Fsp3) is 0.350. The van der Waals surface area contributed by atoms with Gasteiger partial charge in [-0.2, -0.15) is 0 Å². The minimum absolute atomic E-state index is 0.0752. The first-order valence-electron chi connectivity index (χ1n) is 8.06. The number of carbonyl (C=O) groups excluding carboxylic acids is 1. The summed E-state index contributed by atoms with van der Waals surface area (Å²) in [4.78, 5) is 12.1. The van der Waals surface area contributed by atoms with Gasteiger partial charge in [-0.25, -0.2) is 4.79 Å². The van der Waals surface area contributed by atoms with E-state index < -0.39 is 0 Å². The number of urea groups is 1. The molecule has 0 bridgehead atoms. The summed E-state index contributed by atoms with van der Waals surface area (Å²) < 4.78 is 0. The molecule has 0 aliphatic rings. The Labute approximate surface area is 139 Å². The second-order valence-electron chi connectivity index (χ2n) is 7.02. The Hall–Kier alpha value is -2.29. The van der Waals surface area contributed by atoms with Crippen LogP contribution in [0.1, 0.15) is 38.8 Å². The minimum atomic E-state index is -0.170. The van der Waals surface area contributed by atoms with E-state index in [-0.39, 0.29) is 17.5 Å². The van der Waals surface area contributed by atoms with Crippen molar-refractivity contribution >= 4 is 11.7 Å². The molecule has 0 saturated carbocycles. The first-order valence-corrected chi connectivity index (χ1v) is 8.06. The topological polar surface area (TPSA) is 41.1 Å². The molecule has 23 heavy (non-hydrogen) atoms. The van der Waals surface area contributed by atoms with Crippen molar-refractivity contribution in [1.29, 1.82) is 0 Å². The molecule has 2 amide bonds. The van der Waals surface area contributed by atoms with Gasteiger partial charge in [-0.05, 0) is 42.0 Å². The fourth-order valence-electron chi connectivity index (χ4n) is 2.46. The maximum atomic E-state index is 12.1. The summed E-state index contributed by atoms with van der Waals surface area (Å²) in [5, 5.41) is 5.86. The van der Waals surface area contributed by atoms with Crippen molar-refractivity contribution in [3.63, 3.8) is 0 Å². The summed E-state index contributed by atoms with van der Waals surface area (Å²) in [5.41, 5.74) is 3.39. The van der Waals surface area contributed by atoms with Crippen LogP contribution in [0.15, 0.2) is 54.6 Å². The van der Waals surface area contributed by atoms with E-state index in [1.807, 2.05) is 37.3 Å². The van der Waals surface area contributed by atoms with Crippen molar-refractivity contribution < 1.29 is 4.79 Å². The maximum absolute atomic E-state index is 12.1. The predicted octanol–water partition coefficient (Wildman–Crippen LogP) is 4.74. The molecule has 0 saturated heterocycles. The third-order valence-corrected chi connectivity index (χ3v) is 3.77. The lowest BCUT2D eigenvalue weighted by Gasteiger charge is -2.19. The molecule has 0 unspecified atom stereocenters. The number of anilines is 1. The van der Waals surface area contributed by atoms with Gasteiger partial charge in [0, 0.05) is 11.7 Å². The van der Waals surface area contributed by atoms with Gasteiger partial charge in [-0.1, -0.05) is 63.2 Å². The molecule has 2 rings (SSSR count). The van der Waals surface area contributed by atoms with Crippen molar-refractivity contribution in [1.82, 2.24) is 5.32 Å². The van der Waals surface area contributed by atoms with Crippen LogP contribution in [0, 0.1) is 0 Å². The quantitative estimate of drug-likeness (QED) is 0.841. The Morgan fingerprint density at radius 3 is 2.17 bits per heavy atom. The van der Waals surface area contributed by atoms with Crippen molar-refractivity contribution in [2.45, 2.75) is 45.6 Å². The van der Waals surface area contributed by atoms with Crippen molar-refractivity contribution in [3.05, 3.63) is 65.7 Å². The zero-order valence-corrected chi connectivity index (χ0v) is 14.4. The van der Waals surface area contributed by atoms with Crippen LogP contribution in [0.2, 0.25) is 0 Å². The molecule has 0 radical (unpaired) electrons. The molecule has 0 spiro atoms. The lowest BCUT2D eigenvalue weighted by atomic mass is 9.87. The van der Waals surface area contributed by atoms with Gasteiger partial charge >= 0.3 is 6.03 Å². The van der Waals surface area contributed by atoms with Gasteiger partial charge in [-0.3, -0.25) is 0 Å². The van der Waals surface area contributed by atoms with Crippen molar-refractivity contribution in [2.24, 2.45) is 0 Å². The monoisotopic (exact) mass is 310 g/mol. The molecular weight excluding hydrogens is 284 g/mol. The molecule has 3 heteroatoms. The Bertz CT molecular complexity index is 627. The lowest BCUT2D eigenvalue weighted by molar-refractivity contribution is 0.249. The number of amides is 2. The molecule has 122 valence electrons. The highest BCUT2D eigenvalue weighted by molar-refractivity contribution is 5.89. The first-order chi connectivity index (χ1) is 10.8. The van der Waals surface area contributed by atoms with Crippen LogP contribution in [-0.2, 0) is 11.8 Å². The van der Waals surface area contributed by atoms with E-state index in [0.717, 1.165) is 12.1 Å². The van der Waals surface area contributed by atoms with E-state index in [1.54, 1.807) is 0 Å². The molecule has 0 fully saturated rings. The van der Waals surface area contributed by atoms with Crippen LogP contribution in [0.3, 0.4) is 0 Å². The number of carbonyl (C=O) groups is 1. The molecule has 0 aliphatic heterocycles. The third-order valence-electron chi connectivity index (χ3n) is 3.77. The minimum Gasteiger partial charge on any atom is -0.335 e. The molecular formula is C20H26N2O. The fourth-order valence-corrected chi connectivity index (χ4v) is 2.46. The van der Waals surface area contributed by atoms with Crippen molar-refractivity contribution in [3.8, 4) is 0 Å². The normalized spacial score (nSPS) is 12.5. The second-order valence-corrected chi connectivity index (χ2v) is 7.02. The van der Waals surface area contributed by atoms with Gasteiger partial charge in [0.25, 0.3) is 0 Å². The molecule has 3 nitrogen and oxygen atoms in total. The summed E-state index contributed by atoms with van der Waals surface area (Å²) in [6, 6.07) is 18.1. The summed E-state index contributed by atoms with van der Waals surface area (Å²) in [7, 11) is 0. The molecule has 0 aromatic heterocycles. The van der Waals surface area contributed by atoms with Crippen LogP contribution < -0.4 is 10.6 Å². The van der Waals surface area contributed by atoms with Gasteiger partial charge < -0.3 is 10.6 Å². The molecule has 2 aromatic rings. The van der Waals surface area contributed by atoms with Gasteiger partial charge in [-0.15, -0.1) is 0 Å². The summed E-state index contributed by atoms with van der Waals surface area (Å²) in [6.45, 7) is 8.53. The van der Waals surface area contributed by atoms with E-state index in [0.29, 0.717) is 0 Å². The highest BCUT2D eigenvalue weighted by Gasteiger charge is 2.13. The number of rotatable bonds is 4. The number of nitrogens with one attached hydrogen (secondary N) is 2. The molecule has 0 heterocycles. The summed E-state index contributed by atoms with van der Waals surface area (Å²) in [5.74, 6) is 0. The smallest absolute Gasteiger partial charge is 0.319 e. The lowest BCUT2D eigenvalue weighted by Crippen LogP contribution is -2.37. The zero-order valence-electron chi connectivity index (χ0n) is 14.4. The SMILES string of the molecule is C[C@@H](Cc1ccccc1)NC(=O)Nc1ccc(C(C)(C)C)cc1. The maximum Gasteiger partial charge on any atom is 0.319 e. The third kappa shape index (κ3) is 5.44. The van der Waals surface area contributed by atoms with Gasteiger partial charge in [0.15, 0.2) is 0 Å². The van der Waals surface area contributed by atoms with Gasteiger partial charge in [0.2, 0.25) is 0 Å². The van der Waals surface area contributed by atoms with Crippen LogP contribution in [-0.4, -0.2) is 12.1 Å². The van der Waals surface area contributed by atoms with Crippen LogP contribution in [0.5, 0.6) is 0 Å². The summed E-state index contributed by atoms with van der Waals surface area (Å²) in [6.07, 6.45) is 0.817. The highest BCUT2D eigenvalue weighted by Crippen LogP contribution is 2.23. The average molecular weight is 310 g/mol. The molecule has 2 aromatic carbocycles. The first kappa shape index (κ1) is 17.1. The van der Waals surface area contributed by atoms with E-state index >= 15 is 0 Å². The number of hydrogen-bond donors (Lipinski definition) is 2. The Kier molecular flexibility index (Phi) is 5.43. The molecule has 2 N–H and O–H groups in total. The number of hydrogen-bond acceptors (Lipinski definition) is 1. The largest absolute Gasteiger partial charge is 0.335 e. The van der Waals surface area contributed by atoms with Crippen LogP contribution in [0.25, 0.3) is 0 Å². The molecule has 0 aliphatic carbocycles. The Morgan fingerprint density at radius 1 is 1.00 bits per heavy atom. The average Bonchev–Trinajstić information content (AvgIpc) is 2.47. The van der Waals surface area contributed by atoms with E-state index in [1.165, 1.54) is 11.1 Å². The number of benzene rings is 2. The van der Waals surface area contributed by atoms with E-state index in [9.17, 15) is 4.79 Å². The predicted molar refractivity (Wildman–Crippen MR) is 96.9 cm³/mol. The second kappa shape index (κ2) is 7.32. The van der Waals surface area contributed by atoms with E-state index in [2.05, 4.69) is 55.7 Å². The van der Waals surface area contributed by atoms with Crippen LogP contribution in [0.4, 0.5) is 10.5 Å². The Morgan fingerprint density at radius 2 is 1.61 bits per heavy atom. The highest BCUT2D eigenvalue weighted by atomic mass is 16.2. The zero-order chi connectivity index (χ0) is 16.9.